The van der Waals surface area contributed by atoms with Crippen LogP contribution in [-0.4, -0.2) is 69.4 Å². The number of unbranched alkanes of at least 4 members (excludes halogenated alkanes) is 26. The zero-order chi connectivity index (χ0) is 60.7. The molecule has 0 radical (unpaired) electrons. The van der Waals surface area contributed by atoms with E-state index in [1.54, 1.807) is 0 Å². The number of quaternary nitrogens is 1. The van der Waals surface area contributed by atoms with Crippen molar-refractivity contribution in [1.82, 2.24) is 5.32 Å². The summed E-state index contributed by atoms with van der Waals surface area (Å²) in [5.41, 5.74) is 0. The molecule has 0 bridgehead atoms. The van der Waals surface area contributed by atoms with Gasteiger partial charge in [-0.3, -0.25) is 14.2 Å². The van der Waals surface area contributed by atoms with Gasteiger partial charge in [-0.15, -0.1) is 0 Å². The number of nitrogens with zero attached hydrogens (tertiary/aromatic N) is 1. The predicted molar refractivity (Wildman–Crippen MR) is 357 cm³/mol. The first kappa shape index (κ1) is 79.4. The van der Waals surface area contributed by atoms with Gasteiger partial charge in [-0.05, 0) is 122 Å². The van der Waals surface area contributed by atoms with Gasteiger partial charge < -0.3 is 28.5 Å². The number of ether oxygens (including phenoxy) is 1. The summed E-state index contributed by atoms with van der Waals surface area (Å²) in [5, 5.41) is 3.02. The minimum absolute atomic E-state index is 0.0362. The van der Waals surface area contributed by atoms with Gasteiger partial charge in [-0.1, -0.05) is 265 Å². The standard InChI is InChI=1S/C73H127N2O7P/c1-7-10-13-16-19-22-25-28-30-32-34-36-37-39-40-42-44-47-50-53-56-59-62-65-72(76)74-70(69-81-83(78,79)80-68-67-75(4,5)6)71(64-61-58-55-52-49-46-27-24-21-18-15-12-9-3)82-73(77)66-63-60-57-54-51-48-45-43-41-38-35-33-31-29-26-23-20-17-14-11-8-2/h11,14,19-20,22-23,28-31,34-36,38,43,45,51,54,61,64,70-71H,7-10,12-13,15-18,21,24-27,32-33,37,39-42,44,46-50,52-53,55-60,62-63,65-69H2,1-6H3,(H-,74,76,78,79)/b14-11-,22-19-,23-20-,30-28-,31-29-,36-34-,38-35-,45-43-,54-51-,64-61+. The zero-order valence-corrected chi connectivity index (χ0v) is 55.3. The van der Waals surface area contributed by atoms with E-state index < -0.39 is 26.6 Å². The number of likely N-dealkylation sites (N-methyl/N-ethyl adjacent to an activating group) is 1. The molecule has 476 valence electrons. The molecule has 0 aromatic carbocycles. The highest BCUT2D eigenvalue weighted by Gasteiger charge is 2.27. The Morgan fingerprint density at radius 1 is 0.434 bits per heavy atom. The molecule has 0 saturated heterocycles. The number of phosphoric acid groups is 1. The van der Waals surface area contributed by atoms with Gasteiger partial charge in [0.05, 0.1) is 33.8 Å². The lowest BCUT2D eigenvalue weighted by molar-refractivity contribution is -0.870. The van der Waals surface area contributed by atoms with Crippen molar-refractivity contribution in [2.24, 2.45) is 0 Å². The van der Waals surface area contributed by atoms with E-state index >= 15 is 0 Å². The van der Waals surface area contributed by atoms with Crippen LogP contribution < -0.4 is 10.2 Å². The first-order valence-corrected chi connectivity index (χ1v) is 35.3. The summed E-state index contributed by atoms with van der Waals surface area (Å²) in [5.74, 6) is -0.599. The Morgan fingerprint density at radius 3 is 1.19 bits per heavy atom. The third kappa shape index (κ3) is 62.8. The summed E-state index contributed by atoms with van der Waals surface area (Å²) in [6.07, 6.45) is 86.0. The topological polar surface area (TPSA) is 114 Å². The molecule has 0 aliphatic carbocycles. The highest BCUT2D eigenvalue weighted by molar-refractivity contribution is 7.45. The molecule has 0 heterocycles. The van der Waals surface area contributed by atoms with Crippen molar-refractivity contribution in [1.29, 1.82) is 0 Å². The number of amides is 1. The maximum absolute atomic E-state index is 13.6. The minimum atomic E-state index is -4.72. The van der Waals surface area contributed by atoms with Crippen molar-refractivity contribution in [2.45, 2.75) is 290 Å². The molecule has 0 aromatic heterocycles. The monoisotopic (exact) mass is 1170 g/mol. The lowest BCUT2D eigenvalue weighted by Crippen LogP contribution is -2.47. The fraction of sp³-hybridized carbons (Fsp3) is 0.699. The van der Waals surface area contributed by atoms with Crippen LogP contribution in [-0.2, 0) is 27.9 Å². The predicted octanol–water partition coefficient (Wildman–Crippen LogP) is 20.8. The molecule has 10 heteroatoms. The van der Waals surface area contributed by atoms with Crippen molar-refractivity contribution >= 4 is 19.7 Å². The molecule has 3 atom stereocenters. The lowest BCUT2D eigenvalue weighted by Gasteiger charge is -2.30. The van der Waals surface area contributed by atoms with Gasteiger partial charge in [0, 0.05) is 12.8 Å². The normalized spacial score (nSPS) is 14.3. The number of esters is 1. The van der Waals surface area contributed by atoms with E-state index in [2.05, 4.69) is 135 Å². The number of phosphoric ester groups is 1. The van der Waals surface area contributed by atoms with Crippen LogP contribution in [0.1, 0.15) is 278 Å². The van der Waals surface area contributed by atoms with Gasteiger partial charge in [0.1, 0.15) is 19.3 Å². The van der Waals surface area contributed by atoms with E-state index in [-0.39, 0.29) is 24.9 Å². The number of carbonyl (C=O) groups excluding carboxylic acids is 2. The van der Waals surface area contributed by atoms with Gasteiger partial charge >= 0.3 is 5.97 Å². The second kappa shape index (κ2) is 61.5. The number of nitrogens with one attached hydrogen (secondary N) is 1. The van der Waals surface area contributed by atoms with Crippen LogP contribution in [0.3, 0.4) is 0 Å². The molecule has 0 rings (SSSR count). The zero-order valence-electron chi connectivity index (χ0n) is 54.4. The van der Waals surface area contributed by atoms with Gasteiger partial charge in [-0.2, -0.15) is 0 Å². The minimum Gasteiger partial charge on any atom is -0.756 e. The molecule has 9 nitrogen and oxygen atoms in total. The highest BCUT2D eigenvalue weighted by atomic mass is 31.2. The lowest BCUT2D eigenvalue weighted by atomic mass is 10.0. The number of rotatable bonds is 60. The van der Waals surface area contributed by atoms with Gasteiger partial charge in [0.15, 0.2) is 0 Å². The summed E-state index contributed by atoms with van der Waals surface area (Å²) >= 11 is 0. The summed E-state index contributed by atoms with van der Waals surface area (Å²) in [6.45, 7) is 6.67. The Morgan fingerprint density at radius 2 is 0.771 bits per heavy atom. The smallest absolute Gasteiger partial charge is 0.306 e. The molecule has 0 aromatic rings. The second-order valence-corrected chi connectivity index (χ2v) is 25.0. The van der Waals surface area contributed by atoms with Crippen molar-refractivity contribution in [3.05, 3.63) is 122 Å². The van der Waals surface area contributed by atoms with E-state index in [0.717, 1.165) is 116 Å². The van der Waals surface area contributed by atoms with Crippen LogP contribution in [0.4, 0.5) is 0 Å². The Bertz CT molecular complexity index is 1830. The Kier molecular flexibility index (Phi) is 58.8. The number of carbonyl (C=O) groups is 2. The van der Waals surface area contributed by atoms with Crippen LogP contribution in [0.25, 0.3) is 0 Å². The molecule has 0 aliphatic heterocycles. The number of hydrogen-bond acceptors (Lipinski definition) is 7. The third-order valence-corrected chi connectivity index (χ3v) is 15.3. The summed E-state index contributed by atoms with van der Waals surface area (Å²) < 4.78 is 30.4. The third-order valence-electron chi connectivity index (χ3n) is 14.4. The molecule has 0 fully saturated rings. The van der Waals surface area contributed by atoms with Crippen LogP contribution in [0.15, 0.2) is 122 Å². The maximum atomic E-state index is 13.6. The molecular formula is C73H127N2O7P. The molecule has 0 aliphatic rings. The van der Waals surface area contributed by atoms with Crippen LogP contribution >= 0.6 is 7.82 Å². The largest absolute Gasteiger partial charge is 0.756 e. The first-order valence-electron chi connectivity index (χ1n) is 33.8. The van der Waals surface area contributed by atoms with E-state index in [9.17, 15) is 19.0 Å². The molecule has 3 unspecified atom stereocenters. The van der Waals surface area contributed by atoms with E-state index in [0.29, 0.717) is 23.9 Å². The van der Waals surface area contributed by atoms with Crippen LogP contribution in [0.5, 0.6) is 0 Å². The number of allylic oxidation sites excluding steroid dienone is 19. The van der Waals surface area contributed by atoms with E-state index in [1.807, 2.05) is 33.3 Å². The van der Waals surface area contributed by atoms with E-state index in [4.69, 9.17) is 13.8 Å². The fourth-order valence-electron chi connectivity index (χ4n) is 9.18. The average molecular weight is 1180 g/mol. The van der Waals surface area contributed by atoms with Gasteiger partial charge in [0.25, 0.3) is 7.82 Å². The first-order chi connectivity index (χ1) is 40.4. The van der Waals surface area contributed by atoms with Crippen LogP contribution in [0, 0.1) is 0 Å². The SMILES string of the molecule is CC/C=C\C/C=C\C/C=C\C/C=C\C/C=C\C/C=C\CCCCC(=O)OC(/C=C/CCCCCCCCCCCCC)C(COP(=O)([O-])OCC[N+](C)(C)C)NC(=O)CCCCCCCCCCCC/C=C\C/C=C\C/C=C\CCCCC. The highest BCUT2D eigenvalue weighted by Crippen LogP contribution is 2.38. The maximum Gasteiger partial charge on any atom is 0.306 e. The molecule has 1 amide bonds. The summed E-state index contributed by atoms with van der Waals surface area (Å²) in [4.78, 5) is 40.1. The van der Waals surface area contributed by atoms with E-state index in [1.165, 1.54) is 122 Å². The van der Waals surface area contributed by atoms with Crippen LogP contribution in [0.2, 0.25) is 0 Å². The number of hydrogen-bond donors (Lipinski definition) is 1. The molecule has 1 N–H and O–H groups in total. The van der Waals surface area contributed by atoms with Gasteiger partial charge in [-0.25, -0.2) is 0 Å². The summed E-state index contributed by atoms with van der Waals surface area (Å²) in [7, 11) is 1.14. The van der Waals surface area contributed by atoms with Gasteiger partial charge in [0.2, 0.25) is 5.91 Å². The Labute approximate surface area is 512 Å². The molecule has 0 saturated carbocycles. The molecule has 83 heavy (non-hydrogen) atoms. The quantitative estimate of drug-likeness (QED) is 0.0212. The molecule has 0 spiro atoms. The van der Waals surface area contributed by atoms with Crippen molar-refractivity contribution < 1.29 is 37.3 Å². The molecular weight excluding hydrogens is 1050 g/mol. The second-order valence-electron chi connectivity index (χ2n) is 23.6. The van der Waals surface area contributed by atoms with Crippen molar-refractivity contribution in [3.8, 4) is 0 Å². The fourth-order valence-corrected chi connectivity index (χ4v) is 9.90. The Balaban J connectivity index is 5.28. The van der Waals surface area contributed by atoms with Crippen molar-refractivity contribution in [2.75, 3.05) is 40.9 Å². The average Bonchev–Trinajstić information content (AvgIpc) is 3.47. The van der Waals surface area contributed by atoms with Crippen molar-refractivity contribution in [3.63, 3.8) is 0 Å². The Hall–Kier alpha value is -3.59. The summed E-state index contributed by atoms with van der Waals surface area (Å²) in [6, 6.07) is -0.918.